The standard InChI is InChI=1S/C12H15NO6S/c1-18-12(15)10(13)7-8-11(14)19-20(16,17)9-5-3-2-4-6-9/h2-6,10H,7-8,13H2,1H3/t10-/m0/s1. The molecule has 20 heavy (non-hydrogen) atoms. The molecule has 0 aliphatic heterocycles. The second kappa shape index (κ2) is 7.01. The molecule has 0 radical (unpaired) electrons. The first-order valence-electron chi connectivity index (χ1n) is 5.72. The molecule has 0 aliphatic carbocycles. The first kappa shape index (κ1) is 16.1. The van der Waals surface area contributed by atoms with Crippen LogP contribution < -0.4 is 5.73 Å². The van der Waals surface area contributed by atoms with Crippen LogP contribution >= 0.6 is 0 Å². The Bertz CT molecular complexity index is 569. The van der Waals surface area contributed by atoms with Gasteiger partial charge in [0.25, 0.3) is 0 Å². The molecule has 0 aromatic heterocycles. The molecule has 0 spiro atoms. The molecule has 0 unspecified atom stereocenters. The third-order valence-corrected chi connectivity index (χ3v) is 3.65. The number of esters is 1. The summed E-state index contributed by atoms with van der Waals surface area (Å²) in [7, 11) is -2.97. The maximum Gasteiger partial charge on any atom is 0.341 e. The Labute approximate surface area is 116 Å². The second-order valence-electron chi connectivity index (χ2n) is 3.89. The summed E-state index contributed by atoms with van der Waals surface area (Å²) in [5, 5.41) is 0. The smallest absolute Gasteiger partial charge is 0.341 e. The van der Waals surface area contributed by atoms with Crippen LogP contribution in [0, 0.1) is 0 Å². The minimum Gasteiger partial charge on any atom is -0.468 e. The van der Waals surface area contributed by atoms with Crippen LogP contribution in [0.3, 0.4) is 0 Å². The van der Waals surface area contributed by atoms with Gasteiger partial charge in [-0.2, -0.15) is 8.42 Å². The van der Waals surface area contributed by atoms with Crippen LogP contribution in [0.25, 0.3) is 0 Å². The number of nitrogens with two attached hydrogens (primary N) is 1. The van der Waals surface area contributed by atoms with Gasteiger partial charge in [-0.15, -0.1) is 0 Å². The summed E-state index contributed by atoms with van der Waals surface area (Å²) in [5.74, 6) is -1.66. The molecule has 7 nitrogen and oxygen atoms in total. The lowest BCUT2D eigenvalue weighted by Gasteiger charge is -2.09. The van der Waals surface area contributed by atoms with E-state index in [1.807, 2.05) is 0 Å². The predicted octanol–water partition coefficient (Wildman–Crippen LogP) is 0.199. The molecule has 1 atom stereocenters. The summed E-state index contributed by atoms with van der Waals surface area (Å²) in [4.78, 5) is 22.3. The van der Waals surface area contributed by atoms with Crippen molar-refractivity contribution in [2.45, 2.75) is 23.8 Å². The van der Waals surface area contributed by atoms with Crippen LogP contribution in [0.1, 0.15) is 12.8 Å². The number of rotatable bonds is 6. The van der Waals surface area contributed by atoms with Crippen LogP contribution in [0.5, 0.6) is 0 Å². The molecule has 2 N–H and O–H groups in total. The van der Waals surface area contributed by atoms with Gasteiger partial charge in [-0.1, -0.05) is 18.2 Å². The molecule has 1 rings (SSSR count). The van der Waals surface area contributed by atoms with Crippen molar-refractivity contribution in [3.8, 4) is 0 Å². The summed E-state index contributed by atoms with van der Waals surface area (Å²) in [6.07, 6.45) is -0.363. The van der Waals surface area contributed by atoms with E-state index in [9.17, 15) is 18.0 Å². The van der Waals surface area contributed by atoms with Crippen molar-refractivity contribution >= 4 is 22.1 Å². The van der Waals surface area contributed by atoms with Gasteiger partial charge in [0.15, 0.2) is 0 Å². The highest BCUT2D eigenvalue weighted by Gasteiger charge is 2.21. The van der Waals surface area contributed by atoms with Crippen LogP contribution in [-0.2, 0) is 28.6 Å². The minimum atomic E-state index is -4.14. The Morgan fingerprint density at radius 2 is 1.85 bits per heavy atom. The Balaban J connectivity index is 2.57. The lowest BCUT2D eigenvalue weighted by molar-refractivity contribution is -0.142. The van der Waals surface area contributed by atoms with Crippen molar-refractivity contribution in [2.75, 3.05) is 7.11 Å². The van der Waals surface area contributed by atoms with Crippen molar-refractivity contribution in [1.82, 2.24) is 0 Å². The summed E-state index contributed by atoms with van der Waals surface area (Å²) in [6, 6.07) is 6.27. The third kappa shape index (κ3) is 4.63. The van der Waals surface area contributed by atoms with E-state index in [1.54, 1.807) is 6.07 Å². The number of methoxy groups -OCH3 is 1. The number of hydrogen-bond donors (Lipinski definition) is 1. The fourth-order valence-electron chi connectivity index (χ4n) is 1.34. The van der Waals surface area contributed by atoms with E-state index in [0.29, 0.717) is 0 Å². The van der Waals surface area contributed by atoms with Gasteiger partial charge in [-0.05, 0) is 18.6 Å². The largest absolute Gasteiger partial charge is 0.468 e. The van der Waals surface area contributed by atoms with E-state index in [-0.39, 0.29) is 17.7 Å². The molecular formula is C12H15NO6S. The van der Waals surface area contributed by atoms with Crippen molar-refractivity contribution in [3.63, 3.8) is 0 Å². The van der Waals surface area contributed by atoms with Gasteiger partial charge >= 0.3 is 22.1 Å². The van der Waals surface area contributed by atoms with Gasteiger partial charge in [0.2, 0.25) is 0 Å². The lowest BCUT2D eigenvalue weighted by atomic mass is 10.2. The van der Waals surface area contributed by atoms with Crippen LogP contribution in [0.4, 0.5) is 0 Å². The molecule has 0 saturated carbocycles. The molecule has 1 aromatic carbocycles. The fourth-order valence-corrected chi connectivity index (χ4v) is 2.26. The molecule has 0 heterocycles. The van der Waals surface area contributed by atoms with Gasteiger partial charge in [0, 0.05) is 6.42 Å². The van der Waals surface area contributed by atoms with Crippen molar-refractivity contribution in [2.24, 2.45) is 5.73 Å². The molecule has 0 saturated heterocycles. The predicted molar refractivity (Wildman–Crippen MR) is 68.9 cm³/mol. The summed E-state index contributed by atoms with van der Waals surface area (Å²) >= 11 is 0. The number of hydrogen-bond acceptors (Lipinski definition) is 7. The zero-order valence-corrected chi connectivity index (χ0v) is 11.6. The Morgan fingerprint density at radius 3 is 2.40 bits per heavy atom. The average molecular weight is 301 g/mol. The van der Waals surface area contributed by atoms with Crippen LogP contribution in [-0.4, -0.2) is 33.5 Å². The number of benzene rings is 1. The molecule has 110 valence electrons. The van der Waals surface area contributed by atoms with Crippen molar-refractivity contribution in [3.05, 3.63) is 30.3 Å². The van der Waals surface area contributed by atoms with E-state index in [4.69, 9.17) is 5.73 Å². The van der Waals surface area contributed by atoms with E-state index >= 15 is 0 Å². The van der Waals surface area contributed by atoms with E-state index in [1.165, 1.54) is 31.4 Å². The summed E-state index contributed by atoms with van der Waals surface area (Å²) < 4.78 is 32.2. The normalized spacial score (nSPS) is 12.5. The molecule has 0 amide bonds. The topological polar surface area (TPSA) is 113 Å². The fraction of sp³-hybridized carbons (Fsp3) is 0.333. The van der Waals surface area contributed by atoms with Gasteiger partial charge in [-0.3, -0.25) is 9.59 Å². The van der Waals surface area contributed by atoms with Gasteiger partial charge < -0.3 is 14.7 Å². The van der Waals surface area contributed by atoms with Gasteiger partial charge in [0.1, 0.15) is 10.9 Å². The molecule has 0 aliphatic rings. The summed E-state index contributed by atoms with van der Waals surface area (Å²) in [5.41, 5.74) is 5.42. The highest BCUT2D eigenvalue weighted by atomic mass is 32.2. The number of carbonyl (C=O) groups excluding carboxylic acids is 2. The Kier molecular flexibility index (Phi) is 5.66. The van der Waals surface area contributed by atoms with Crippen molar-refractivity contribution in [1.29, 1.82) is 0 Å². The highest BCUT2D eigenvalue weighted by molar-refractivity contribution is 7.87. The number of carbonyl (C=O) groups is 2. The zero-order valence-electron chi connectivity index (χ0n) is 10.8. The second-order valence-corrected chi connectivity index (χ2v) is 5.44. The minimum absolute atomic E-state index is 0.0597. The first-order valence-corrected chi connectivity index (χ1v) is 7.13. The van der Waals surface area contributed by atoms with E-state index in [2.05, 4.69) is 8.92 Å². The third-order valence-electron chi connectivity index (χ3n) is 2.40. The van der Waals surface area contributed by atoms with Crippen LogP contribution in [0.15, 0.2) is 35.2 Å². The Morgan fingerprint density at radius 1 is 1.25 bits per heavy atom. The lowest BCUT2D eigenvalue weighted by Crippen LogP contribution is -2.32. The van der Waals surface area contributed by atoms with Gasteiger partial charge in [-0.25, -0.2) is 0 Å². The van der Waals surface area contributed by atoms with Crippen molar-refractivity contribution < 1.29 is 26.9 Å². The zero-order chi connectivity index (χ0) is 15.2. The molecule has 8 heteroatoms. The highest BCUT2D eigenvalue weighted by Crippen LogP contribution is 2.12. The van der Waals surface area contributed by atoms with Gasteiger partial charge in [0.05, 0.1) is 7.11 Å². The number of ether oxygens (including phenoxy) is 1. The molecular weight excluding hydrogens is 286 g/mol. The molecule has 0 fully saturated rings. The monoisotopic (exact) mass is 301 g/mol. The quantitative estimate of drug-likeness (QED) is 0.589. The molecule has 0 bridgehead atoms. The molecule has 1 aromatic rings. The maximum atomic E-state index is 11.7. The summed E-state index contributed by atoms with van der Waals surface area (Å²) in [6.45, 7) is 0. The van der Waals surface area contributed by atoms with Crippen LogP contribution in [0.2, 0.25) is 0 Å². The first-order chi connectivity index (χ1) is 9.36. The SMILES string of the molecule is COC(=O)[C@@H](N)CCC(=O)OS(=O)(=O)c1ccccc1. The Hall–Kier alpha value is -1.93. The van der Waals surface area contributed by atoms with E-state index < -0.39 is 28.1 Å². The van der Waals surface area contributed by atoms with E-state index in [0.717, 1.165) is 0 Å². The average Bonchev–Trinajstić information content (AvgIpc) is 2.44. The maximum absolute atomic E-state index is 11.7.